The van der Waals surface area contributed by atoms with Gasteiger partial charge in [-0.1, -0.05) is 41.4 Å². The summed E-state index contributed by atoms with van der Waals surface area (Å²) < 4.78 is 5.40. The van der Waals surface area contributed by atoms with Crippen molar-refractivity contribution in [2.75, 3.05) is 6.61 Å². The molecule has 0 radical (unpaired) electrons. The summed E-state index contributed by atoms with van der Waals surface area (Å²) in [6.45, 7) is 0.0712. The molecule has 0 aromatic heterocycles. The third-order valence-corrected chi connectivity index (χ3v) is 5.26. The SMILES string of the molecule is O=C(O)CCOc1cccc(/C=C2/SC(=Nc3cccc(Cl)c3Cl)NC2=O)c1. The molecule has 0 atom stereocenters. The maximum Gasteiger partial charge on any atom is 0.306 e. The number of carbonyl (C=O) groups excluding carboxylic acids is 1. The van der Waals surface area contributed by atoms with Crippen molar-refractivity contribution in [3.8, 4) is 5.75 Å². The van der Waals surface area contributed by atoms with Crippen molar-refractivity contribution in [2.45, 2.75) is 6.42 Å². The highest BCUT2D eigenvalue weighted by Crippen LogP contribution is 2.34. The van der Waals surface area contributed by atoms with Gasteiger partial charge < -0.3 is 15.2 Å². The second-order valence-corrected chi connectivity index (χ2v) is 7.44. The van der Waals surface area contributed by atoms with E-state index in [4.69, 9.17) is 33.0 Å². The van der Waals surface area contributed by atoms with Gasteiger partial charge in [0.05, 0.1) is 33.7 Å². The smallest absolute Gasteiger partial charge is 0.306 e. The Morgan fingerprint density at radius 3 is 2.82 bits per heavy atom. The van der Waals surface area contributed by atoms with Crippen LogP contribution < -0.4 is 10.1 Å². The molecule has 2 aromatic carbocycles. The highest BCUT2D eigenvalue weighted by molar-refractivity contribution is 8.18. The van der Waals surface area contributed by atoms with Crippen molar-refractivity contribution in [1.82, 2.24) is 5.32 Å². The van der Waals surface area contributed by atoms with Gasteiger partial charge in [0.1, 0.15) is 5.75 Å². The van der Waals surface area contributed by atoms with Crippen LogP contribution in [0.4, 0.5) is 5.69 Å². The second-order valence-electron chi connectivity index (χ2n) is 5.62. The van der Waals surface area contributed by atoms with Gasteiger partial charge >= 0.3 is 5.97 Å². The van der Waals surface area contributed by atoms with Crippen molar-refractivity contribution in [3.05, 3.63) is 63.0 Å². The van der Waals surface area contributed by atoms with E-state index in [0.717, 1.165) is 5.56 Å². The van der Waals surface area contributed by atoms with Gasteiger partial charge in [0.15, 0.2) is 5.17 Å². The van der Waals surface area contributed by atoms with Crippen LogP contribution in [-0.2, 0) is 9.59 Å². The van der Waals surface area contributed by atoms with Gasteiger partial charge in [-0.3, -0.25) is 9.59 Å². The number of carboxylic acid groups (broad SMARTS) is 1. The van der Waals surface area contributed by atoms with Crippen LogP contribution in [0.25, 0.3) is 6.08 Å². The number of carbonyl (C=O) groups is 2. The van der Waals surface area contributed by atoms with E-state index in [0.29, 0.717) is 31.6 Å². The van der Waals surface area contributed by atoms with Crippen LogP contribution >= 0.6 is 35.0 Å². The lowest BCUT2D eigenvalue weighted by Crippen LogP contribution is -2.19. The molecule has 0 saturated carbocycles. The van der Waals surface area contributed by atoms with Crippen molar-refractivity contribution in [3.63, 3.8) is 0 Å². The normalized spacial score (nSPS) is 16.4. The van der Waals surface area contributed by atoms with Crippen molar-refractivity contribution in [2.24, 2.45) is 4.99 Å². The maximum atomic E-state index is 12.2. The molecule has 1 heterocycles. The van der Waals surface area contributed by atoms with E-state index < -0.39 is 5.97 Å². The summed E-state index contributed by atoms with van der Waals surface area (Å²) in [5.74, 6) is -0.679. The topological polar surface area (TPSA) is 88.0 Å². The second kappa shape index (κ2) is 9.14. The number of halogens is 2. The van der Waals surface area contributed by atoms with E-state index in [1.807, 2.05) is 6.07 Å². The number of benzene rings is 2. The molecule has 0 bridgehead atoms. The number of nitrogens with zero attached hydrogens (tertiary/aromatic N) is 1. The summed E-state index contributed by atoms with van der Waals surface area (Å²) in [6, 6.07) is 12.1. The Hall–Kier alpha value is -2.48. The van der Waals surface area contributed by atoms with Gasteiger partial charge in [0.2, 0.25) is 0 Å². The molecule has 28 heavy (non-hydrogen) atoms. The van der Waals surface area contributed by atoms with Crippen LogP contribution in [0.15, 0.2) is 52.4 Å². The quantitative estimate of drug-likeness (QED) is 0.638. The van der Waals surface area contributed by atoms with Crippen LogP contribution in [0.2, 0.25) is 10.0 Å². The molecule has 0 aliphatic carbocycles. The minimum Gasteiger partial charge on any atom is -0.493 e. The molecule has 0 unspecified atom stereocenters. The number of aliphatic imine (C=N–C) groups is 1. The Balaban J connectivity index is 1.75. The number of thioether (sulfide) groups is 1. The molecule has 2 aromatic rings. The standard InChI is InChI=1S/C19H14Cl2N2O4S/c20-13-5-2-6-14(17(13)21)22-19-23-18(26)15(28-19)10-11-3-1-4-12(9-11)27-8-7-16(24)25/h1-6,9-10H,7-8H2,(H,24,25)(H,22,23,26)/b15-10+. The molecule has 1 fully saturated rings. The monoisotopic (exact) mass is 436 g/mol. The molecular weight excluding hydrogens is 423 g/mol. The summed E-state index contributed by atoms with van der Waals surface area (Å²) in [7, 11) is 0. The van der Waals surface area contributed by atoms with Gasteiger partial charge in [-0.05, 0) is 47.7 Å². The highest BCUT2D eigenvalue weighted by atomic mass is 35.5. The fourth-order valence-corrected chi connectivity index (χ4v) is 3.44. The summed E-state index contributed by atoms with van der Waals surface area (Å²) in [6.07, 6.45) is 1.61. The Kier molecular flexibility index (Phi) is 6.61. The van der Waals surface area contributed by atoms with Crippen molar-refractivity contribution >= 4 is 63.8 Å². The summed E-state index contributed by atoms with van der Waals surface area (Å²) in [5.41, 5.74) is 1.21. The Morgan fingerprint density at radius 1 is 1.25 bits per heavy atom. The third-order valence-electron chi connectivity index (χ3n) is 3.54. The predicted molar refractivity (Wildman–Crippen MR) is 111 cm³/mol. The number of aliphatic carboxylic acids is 1. The molecule has 144 valence electrons. The van der Waals surface area contributed by atoms with Crippen LogP contribution in [0.3, 0.4) is 0 Å². The number of hydrogen-bond donors (Lipinski definition) is 2. The lowest BCUT2D eigenvalue weighted by Gasteiger charge is -2.05. The Labute approximate surface area is 175 Å². The average Bonchev–Trinajstić information content (AvgIpc) is 2.98. The first-order valence-electron chi connectivity index (χ1n) is 8.10. The van der Waals surface area contributed by atoms with E-state index in [-0.39, 0.29) is 18.9 Å². The van der Waals surface area contributed by atoms with E-state index in [2.05, 4.69) is 10.3 Å². The number of rotatable bonds is 6. The van der Waals surface area contributed by atoms with Gasteiger partial charge in [0, 0.05) is 0 Å². The van der Waals surface area contributed by atoms with E-state index >= 15 is 0 Å². The number of carboxylic acids is 1. The zero-order valence-corrected chi connectivity index (χ0v) is 16.6. The minimum atomic E-state index is -0.927. The van der Waals surface area contributed by atoms with Crippen LogP contribution in [-0.4, -0.2) is 28.8 Å². The molecule has 0 spiro atoms. The molecule has 1 aliphatic heterocycles. The fraction of sp³-hybridized carbons (Fsp3) is 0.105. The minimum absolute atomic E-state index is 0.0712. The molecule has 6 nitrogen and oxygen atoms in total. The van der Waals surface area contributed by atoms with Gasteiger partial charge in [-0.2, -0.15) is 0 Å². The number of amides is 1. The van der Waals surface area contributed by atoms with Gasteiger partial charge in [-0.25, -0.2) is 4.99 Å². The molecule has 3 rings (SSSR count). The third kappa shape index (κ3) is 5.28. The molecule has 1 amide bonds. The molecule has 1 saturated heterocycles. The zero-order chi connectivity index (χ0) is 20.1. The summed E-state index contributed by atoms with van der Waals surface area (Å²) in [4.78, 5) is 27.6. The average molecular weight is 437 g/mol. The largest absolute Gasteiger partial charge is 0.493 e. The highest BCUT2D eigenvalue weighted by Gasteiger charge is 2.24. The predicted octanol–water partition coefficient (Wildman–Crippen LogP) is 4.74. The van der Waals surface area contributed by atoms with Crippen molar-refractivity contribution < 1.29 is 19.4 Å². The lowest BCUT2D eigenvalue weighted by atomic mass is 10.2. The molecule has 9 heteroatoms. The van der Waals surface area contributed by atoms with Crippen LogP contribution in [0, 0.1) is 0 Å². The first-order valence-corrected chi connectivity index (χ1v) is 9.68. The molecule has 2 N–H and O–H groups in total. The Morgan fingerprint density at radius 2 is 2.04 bits per heavy atom. The van der Waals surface area contributed by atoms with Crippen molar-refractivity contribution in [1.29, 1.82) is 0 Å². The van der Waals surface area contributed by atoms with E-state index in [1.165, 1.54) is 11.8 Å². The van der Waals surface area contributed by atoms with E-state index in [1.54, 1.807) is 42.5 Å². The first-order chi connectivity index (χ1) is 13.4. The van der Waals surface area contributed by atoms with E-state index in [9.17, 15) is 9.59 Å². The molecular formula is C19H14Cl2N2O4S. The number of ether oxygens (including phenoxy) is 1. The van der Waals surface area contributed by atoms with Crippen LogP contribution in [0.1, 0.15) is 12.0 Å². The fourth-order valence-electron chi connectivity index (χ4n) is 2.27. The number of nitrogens with one attached hydrogen (secondary N) is 1. The first kappa shape index (κ1) is 20.3. The van der Waals surface area contributed by atoms with Gasteiger partial charge in [0.25, 0.3) is 5.91 Å². The van der Waals surface area contributed by atoms with Crippen LogP contribution in [0.5, 0.6) is 5.75 Å². The number of hydrogen-bond acceptors (Lipinski definition) is 5. The van der Waals surface area contributed by atoms with Gasteiger partial charge in [-0.15, -0.1) is 0 Å². The summed E-state index contributed by atoms with van der Waals surface area (Å²) >= 11 is 13.3. The summed E-state index contributed by atoms with van der Waals surface area (Å²) in [5, 5.41) is 12.4. The zero-order valence-electron chi connectivity index (χ0n) is 14.3. The molecule has 1 aliphatic rings. The lowest BCUT2D eigenvalue weighted by molar-refractivity contribution is -0.137. The Bertz CT molecular complexity index is 992. The number of amidine groups is 1. The maximum absolute atomic E-state index is 12.2.